The Bertz CT molecular complexity index is 490. The van der Waals surface area contributed by atoms with Crippen LogP contribution in [0.4, 0.5) is 0 Å². The normalized spacial score (nSPS) is 13.0. The summed E-state index contributed by atoms with van der Waals surface area (Å²) in [4.78, 5) is 4.11. The molecule has 1 atom stereocenters. The molecule has 0 saturated carbocycles. The fourth-order valence-electron chi connectivity index (χ4n) is 1.29. The molecule has 0 spiro atoms. The number of nitrogens with zero attached hydrogens (tertiary/aromatic N) is 4. The first-order chi connectivity index (χ1) is 7.63. The monoisotopic (exact) mass is 223 g/mol. The molecule has 0 aromatic carbocycles. The van der Waals surface area contributed by atoms with Gasteiger partial charge in [-0.05, 0) is 6.92 Å². The van der Waals surface area contributed by atoms with E-state index in [1.54, 1.807) is 10.9 Å². The standard InChI is InChI=1S/C9H13N5O2/c1-5-6(3-11-14(5)2)9-12-8(13-16-9)7(10)4-15/h3,7,15H,4,10H2,1-2H3. The zero-order chi connectivity index (χ0) is 11.7. The summed E-state index contributed by atoms with van der Waals surface area (Å²) in [6, 6.07) is -0.616. The van der Waals surface area contributed by atoms with E-state index in [0.29, 0.717) is 11.7 Å². The lowest BCUT2D eigenvalue weighted by Gasteiger charge is -1.98. The van der Waals surface area contributed by atoms with E-state index < -0.39 is 6.04 Å². The van der Waals surface area contributed by atoms with Gasteiger partial charge < -0.3 is 15.4 Å². The van der Waals surface area contributed by atoms with E-state index in [0.717, 1.165) is 11.3 Å². The molecule has 0 aliphatic carbocycles. The highest BCUT2D eigenvalue weighted by Gasteiger charge is 2.17. The summed E-state index contributed by atoms with van der Waals surface area (Å²) >= 11 is 0. The van der Waals surface area contributed by atoms with Gasteiger partial charge in [0.2, 0.25) is 0 Å². The Hall–Kier alpha value is -1.73. The van der Waals surface area contributed by atoms with Crippen molar-refractivity contribution in [3.8, 4) is 11.5 Å². The second-order valence-corrected chi connectivity index (χ2v) is 3.51. The van der Waals surface area contributed by atoms with E-state index in [9.17, 15) is 0 Å². The first-order valence-corrected chi connectivity index (χ1v) is 4.82. The minimum Gasteiger partial charge on any atom is -0.394 e. The van der Waals surface area contributed by atoms with E-state index in [1.165, 1.54) is 0 Å². The van der Waals surface area contributed by atoms with Crippen molar-refractivity contribution in [3.63, 3.8) is 0 Å². The van der Waals surface area contributed by atoms with E-state index in [2.05, 4.69) is 15.2 Å². The number of rotatable bonds is 3. The van der Waals surface area contributed by atoms with Gasteiger partial charge in [0.05, 0.1) is 24.4 Å². The second kappa shape index (κ2) is 4.03. The van der Waals surface area contributed by atoms with Gasteiger partial charge in [0.15, 0.2) is 5.82 Å². The molecule has 0 aliphatic rings. The second-order valence-electron chi connectivity index (χ2n) is 3.51. The summed E-state index contributed by atoms with van der Waals surface area (Å²) in [5.74, 6) is 0.658. The Labute approximate surface area is 91.9 Å². The molecule has 0 amide bonds. The summed E-state index contributed by atoms with van der Waals surface area (Å²) in [5, 5.41) is 16.6. The zero-order valence-electron chi connectivity index (χ0n) is 9.08. The lowest BCUT2D eigenvalue weighted by molar-refractivity contribution is 0.260. The van der Waals surface area contributed by atoms with Crippen LogP contribution in [-0.4, -0.2) is 31.6 Å². The van der Waals surface area contributed by atoms with Crippen LogP contribution in [0.2, 0.25) is 0 Å². The molecule has 86 valence electrons. The van der Waals surface area contributed by atoms with Crippen molar-refractivity contribution in [2.24, 2.45) is 12.8 Å². The van der Waals surface area contributed by atoms with Gasteiger partial charge in [0.1, 0.15) is 0 Å². The number of nitrogens with two attached hydrogens (primary N) is 1. The molecule has 2 rings (SSSR count). The predicted octanol–water partition coefficient (Wildman–Crippen LogP) is -0.229. The Morgan fingerprint density at radius 3 is 2.94 bits per heavy atom. The number of aliphatic hydroxyl groups is 1. The molecule has 2 aromatic rings. The summed E-state index contributed by atoms with van der Waals surface area (Å²) < 4.78 is 6.78. The van der Waals surface area contributed by atoms with Gasteiger partial charge in [-0.25, -0.2) is 0 Å². The average molecular weight is 223 g/mol. The van der Waals surface area contributed by atoms with Crippen molar-refractivity contribution in [2.75, 3.05) is 6.61 Å². The molecular formula is C9H13N5O2. The third-order valence-corrected chi connectivity index (χ3v) is 2.44. The van der Waals surface area contributed by atoms with Gasteiger partial charge in [-0.3, -0.25) is 4.68 Å². The lowest BCUT2D eigenvalue weighted by atomic mass is 10.2. The Balaban J connectivity index is 2.35. The number of aromatic nitrogens is 4. The summed E-state index contributed by atoms with van der Waals surface area (Å²) in [6.07, 6.45) is 1.65. The third kappa shape index (κ3) is 1.70. The van der Waals surface area contributed by atoms with Crippen molar-refractivity contribution >= 4 is 0 Å². The van der Waals surface area contributed by atoms with Crippen LogP contribution in [0.1, 0.15) is 17.6 Å². The van der Waals surface area contributed by atoms with Crippen LogP contribution in [0, 0.1) is 6.92 Å². The molecule has 0 bridgehead atoms. The first-order valence-electron chi connectivity index (χ1n) is 4.82. The Morgan fingerprint density at radius 1 is 1.62 bits per heavy atom. The third-order valence-electron chi connectivity index (χ3n) is 2.44. The van der Waals surface area contributed by atoms with Gasteiger partial charge in [0, 0.05) is 12.7 Å². The smallest absolute Gasteiger partial charge is 0.261 e. The van der Waals surface area contributed by atoms with Crippen LogP contribution in [0.15, 0.2) is 10.7 Å². The molecule has 1 unspecified atom stereocenters. The molecule has 0 saturated heterocycles. The summed E-state index contributed by atoms with van der Waals surface area (Å²) in [7, 11) is 1.83. The topological polar surface area (TPSA) is 103 Å². The fraction of sp³-hybridized carbons (Fsp3) is 0.444. The SMILES string of the molecule is Cc1c(-c2nc(C(N)CO)no2)cnn1C. The number of hydrogen-bond acceptors (Lipinski definition) is 6. The highest BCUT2D eigenvalue weighted by atomic mass is 16.5. The Morgan fingerprint density at radius 2 is 2.38 bits per heavy atom. The van der Waals surface area contributed by atoms with Crippen LogP contribution in [0.25, 0.3) is 11.5 Å². The maximum Gasteiger partial charge on any atom is 0.261 e. The van der Waals surface area contributed by atoms with Gasteiger partial charge in [-0.2, -0.15) is 10.1 Å². The average Bonchev–Trinajstić information content (AvgIpc) is 2.87. The number of aryl methyl sites for hydroxylation is 1. The fourth-order valence-corrected chi connectivity index (χ4v) is 1.29. The van der Waals surface area contributed by atoms with Crippen LogP contribution >= 0.6 is 0 Å². The van der Waals surface area contributed by atoms with E-state index in [1.807, 2.05) is 14.0 Å². The summed E-state index contributed by atoms with van der Waals surface area (Å²) in [6.45, 7) is 1.68. The van der Waals surface area contributed by atoms with E-state index in [-0.39, 0.29) is 6.61 Å². The summed E-state index contributed by atoms with van der Waals surface area (Å²) in [5.41, 5.74) is 7.27. The molecule has 0 radical (unpaired) electrons. The van der Waals surface area contributed by atoms with Gasteiger partial charge in [0.25, 0.3) is 5.89 Å². The minimum atomic E-state index is -0.616. The molecular weight excluding hydrogens is 210 g/mol. The van der Waals surface area contributed by atoms with Crippen LogP contribution in [-0.2, 0) is 7.05 Å². The molecule has 16 heavy (non-hydrogen) atoms. The molecule has 2 heterocycles. The highest BCUT2D eigenvalue weighted by molar-refractivity contribution is 5.54. The Kier molecular flexibility index (Phi) is 2.71. The largest absolute Gasteiger partial charge is 0.394 e. The minimum absolute atomic E-state index is 0.217. The lowest BCUT2D eigenvalue weighted by Crippen LogP contribution is -2.15. The van der Waals surface area contributed by atoms with Crippen LogP contribution < -0.4 is 5.73 Å². The number of aliphatic hydroxyl groups excluding tert-OH is 1. The molecule has 0 fully saturated rings. The van der Waals surface area contributed by atoms with Crippen molar-refractivity contribution in [1.29, 1.82) is 0 Å². The van der Waals surface area contributed by atoms with Crippen LogP contribution in [0.3, 0.4) is 0 Å². The van der Waals surface area contributed by atoms with Gasteiger partial charge in [-0.1, -0.05) is 5.16 Å². The van der Waals surface area contributed by atoms with Crippen molar-refractivity contribution in [2.45, 2.75) is 13.0 Å². The predicted molar refractivity (Wildman–Crippen MR) is 55.3 cm³/mol. The first kappa shape index (κ1) is 10.8. The maximum atomic E-state index is 8.86. The van der Waals surface area contributed by atoms with E-state index >= 15 is 0 Å². The number of hydrogen-bond donors (Lipinski definition) is 2. The molecule has 2 aromatic heterocycles. The quantitative estimate of drug-likeness (QED) is 0.745. The van der Waals surface area contributed by atoms with Crippen molar-refractivity contribution in [1.82, 2.24) is 19.9 Å². The van der Waals surface area contributed by atoms with Gasteiger partial charge >= 0.3 is 0 Å². The van der Waals surface area contributed by atoms with Crippen molar-refractivity contribution < 1.29 is 9.63 Å². The van der Waals surface area contributed by atoms with Crippen LogP contribution in [0.5, 0.6) is 0 Å². The maximum absolute atomic E-state index is 8.86. The molecule has 7 nitrogen and oxygen atoms in total. The zero-order valence-corrected chi connectivity index (χ0v) is 9.08. The molecule has 7 heteroatoms. The molecule has 3 N–H and O–H groups in total. The highest BCUT2D eigenvalue weighted by Crippen LogP contribution is 2.21. The van der Waals surface area contributed by atoms with E-state index in [4.69, 9.17) is 15.4 Å². The van der Waals surface area contributed by atoms with Gasteiger partial charge in [-0.15, -0.1) is 0 Å². The van der Waals surface area contributed by atoms with Crippen molar-refractivity contribution in [3.05, 3.63) is 17.7 Å². The molecule has 0 aliphatic heterocycles.